The van der Waals surface area contributed by atoms with Crippen LogP contribution in [-0.2, 0) is 11.3 Å². The Hall–Kier alpha value is -2.70. The van der Waals surface area contributed by atoms with Gasteiger partial charge in [-0.05, 0) is 43.5 Å². The molecule has 1 N–H and O–H groups in total. The van der Waals surface area contributed by atoms with Crippen LogP contribution in [0.25, 0.3) is 10.9 Å². The van der Waals surface area contributed by atoms with E-state index in [0.29, 0.717) is 47.9 Å². The minimum absolute atomic E-state index is 0.0495. The van der Waals surface area contributed by atoms with Crippen molar-refractivity contribution in [3.05, 3.63) is 75.3 Å². The molecule has 1 aliphatic rings. The van der Waals surface area contributed by atoms with E-state index in [9.17, 15) is 9.59 Å². The van der Waals surface area contributed by atoms with Crippen molar-refractivity contribution in [3.8, 4) is 0 Å². The minimum atomic E-state index is -0.547. The molecule has 1 atom stereocenters. The Morgan fingerprint density at radius 2 is 1.85 bits per heavy atom. The summed E-state index contributed by atoms with van der Waals surface area (Å²) in [6.07, 6.45) is 0. The SMILES string of the molecule is CC(C)C(c1nc2cc(Cl)ccc2c(=O)n1Cc1ccccc1)N1CCNCC(C)(C)C1=O. The fourth-order valence-corrected chi connectivity index (χ4v) is 4.75. The highest BCUT2D eigenvalue weighted by molar-refractivity contribution is 6.31. The molecule has 1 aliphatic heterocycles. The summed E-state index contributed by atoms with van der Waals surface area (Å²) < 4.78 is 1.73. The van der Waals surface area contributed by atoms with Gasteiger partial charge >= 0.3 is 0 Å². The molecule has 33 heavy (non-hydrogen) atoms. The van der Waals surface area contributed by atoms with Crippen LogP contribution in [0.5, 0.6) is 0 Å². The normalized spacial score (nSPS) is 17.4. The lowest BCUT2D eigenvalue weighted by Crippen LogP contribution is -2.46. The molecule has 1 amide bonds. The lowest BCUT2D eigenvalue weighted by Gasteiger charge is -2.37. The van der Waals surface area contributed by atoms with Crippen molar-refractivity contribution in [1.82, 2.24) is 19.8 Å². The highest BCUT2D eigenvalue weighted by atomic mass is 35.5. The van der Waals surface area contributed by atoms with Gasteiger partial charge in [0.1, 0.15) is 5.82 Å². The molecule has 2 aromatic carbocycles. The van der Waals surface area contributed by atoms with Gasteiger partial charge in [-0.15, -0.1) is 0 Å². The van der Waals surface area contributed by atoms with Crippen molar-refractivity contribution >= 4 is 28.4 Å². The van der Waals surface area contributed by atoms with Crippen molar-refractivity contribution < 1.29 is 4.79 Å². The first-order valence-corrected chi connectivity index (χ1v) is 11.8. The second-order valence-corrected chi connectivity index (χ2v) is 10.2. The van der Waals surface area contributed by atoms with E-state index < -0.39 is 5.41 Å². The monoisotopic (exact) mass is 466 g/mol. The first-order chi connectivity index (χ1) is 15.7. The van der Waals surface area contributed by atoms with Crippen molar-refractivity contribution in [2.75, 3.05) is 19.6 Å². The molecule has 1 unspecified atom stereocenters. The predicted molar refractivity (Wildman–Crippen MR) is 132 cm³/mol. The lowest BCUT2D eigenvalue weighted by molar-refractivity contribution is -0.142. The fourth-order valence-electron chi connectivity index (χ4n) is 4.59. The van der Waals surface area contributed by atoms with Gasteiger partial charge in [0.25, 0.3) is 5.56 Å². The number of aromatic nitrogens is 2. The molecular formula is C26H31ClN4O2. The molecule has 0 aliphatic carbocycles. The van der Waals surface area contributed by atoms with Gasteiger partial charge < -0.3 is 10.2 Å². The minimum Gasteiger partial charge on any atom is -0.330 e. The Bertz CT molecular complexity index is 1220. The van der Waals surface area contributed by atoms with Gasteiger partial charge in [-0.3, -0.25) is 14.2 Å². The molecule has 174 valence electrons. The molecular weight excluding hydrogens is 436 g/mol. The van der Waals surface area contributed by atoms with E-state index >= 15 is 0 Å². The van der Waals surface area contributed by atoms with Crippen LogP contribution < -0.4 is 10.9 Å². The molecule has 1 saturated heterocycles. The third kappa shape index (κ3) is 4.68. The topological polar surface area (TPSA) is 67.2 Å². The number of fused-ring (bicyclic) bond motifs is 1. The summed E-state index contributed by atoms with van der Waals surface area (Å²) in [5, 5.41) is 4.42. The standard InChI is InChI=1S/C26H31ClN4O2/c1-17(2)22(30-13-12-28-16-26(3,4)25(30)33)23-29-21-14-19(27)10-11-20(21)24(32)31(23)15-18-8-6-5-7-9-18/h5-11,14,17,22,28H,12-13,15-16H2,1-4H3. The number of benzene rings is 2. The lowest BCUT2D eigenvalue weighted by atomic mass is 9.90. The number of carbonyl (C=O) groups excluding carboxylic acids is 1. The third-order valence-electron chi connectivity index (χ3n) is 6.30. The zero-order chi connectivity index (χ0) is 23.8. The summed E-state index contributed by atoms with van der Waals surface area (Å²) in [5.41, 5.74) is 0.884. The molecule has 7 heteroatoms. The van der Waals surface area contributed by atoms with Crippen LogP contribution >= 0.6 is 11.6 Å². The number of hydrogen-bond donors (Lipinski definition) is 1. The van der Waals surface area contributed by atoms with Crippen LogP contribution in [0.2, 0.25) is 5.02 Å². The maximum absolute atomic E-state index is 13.7. The van der Waals surface area contributed by atoms with E-state index in [4.69, 9.17) is 16.6 Å². The molecule has 4 rings (SSSR count). The number of nitrogens with zero attached hydrogens (tertiary/aromatic N) is 3. The average Bonchev–Trinajstić information content (AvgIpc) is 2.90. The van der Waals surface area contributed by atoms with E-state index in [2.05, 4.69) is 19.2 Å². The molecule has 1 aromatic heterocycles. The van der Waals surface area contributed by atoms with Crippen LogP contribution in [0.15, 0.2) is 53.3 Å². The van der Waals surface area contributed by atoms with Gasteiger partial charge in [-0.1, -0.05) is 55.8 Å². The summed E-state index contributed by atoms with van der Waals surface area (Å²) in [7, 11) is 0. The second kappa shape index (κ2) is 9.27. The number of nitrogens with one attached hydrogen (secondary N) is 1. The van der Waals surface area contributed by atoms with Gasteiger partial charge in [0, 0.05) is 24.7 Å². The summed E-state index contributed by atoms with van der Waals surface area (Å²) >= 11 is 6.24. The summed E-state index contributed by atoms with van der Waals surface area (Å²) in [6, 6.07) is 14.7. The van der Waals surface area contributed by atoms with Crippen LogP contribution in [0.4, 0.5) is 0 Å². The maximum Gasteiger partial charge on any atom is 0.261 e. The number of rotatable bonds is 5. The van der Waals surface area contributed by atoms with E-state index in [-0.39, 0.29) is 23.4 Å². The number of amides is 1. The average molecular weight is 467 g/mol. The van der Waals surface area contributed by atoms with Crippen LogP contribution in [0.1, 0.15) is 45.1 Å². The quantitative estimate of drug-likeness (QED) is 0.610. The zero-order valence-electron chi connectivity index (χ0n) is 19.6. The third-order valence-corrected chi connectivity index (χ3v) is 6.53. The molecule has 1 fully saturated rings. The van der Waals surface area contributed by atoms with Gasteiger partial charge in [0.2, 0.25) is 5.91 Å². The van der Waals surface area contributed by atoms with Crippen molar-refractivity contribution in [3.63, 3.8) is 0 Å². The van der Waals surface area contributed by atoms with Crippen LogP contribution in [0.3, 0.4) is 0 Å². The zero-order valence-corrected chi connectivity index (χ0v) is 20.4. The number of halogens is 1. The van der Waals surface area contributed by atoms with E-state index in [1.807, 2.05) is 49.1 Å². The maximum atomic E-state index is 13.7. The molecule has 0 saturated carbocycles. The number of hydrogen-bond acceptors (Lipinski definition) is 4. The van der Waals surface area contributed by atoms with Crippen molar-refractivity contribution in [2.45, 2.75) is 40.3 Å². The summed E-state index contributed by atoms with van der Waals surface area (Å²) in [5.74, 6) is 0.714. The molecule has 3 aromatic rings. The van der Waals surface area contributed by atoms with E-state index in [1.165, 1.54) is 0 Å². The summed E-state index contributed by atoms with van der Waals surface area (Å²) in [4.78, 5) is 34.2. The first kappa shape index (κ1) is 23.5. The fraction of sp³-hybridized carbons (Fsp3) is 0.423. The van der Waals surface area contributed by atoms with E-state index in [1.54, 1.807) is 22.8 Å². The number of carbonyl (C=O) groups is 1. The Balaban J connectivity index is 1.94. The van der Waals surface area contributed by atoms with Crippen LogP contribution in [0, 0.1) is 11.3 Å². The molecule has 0 bridgehead atoms. The first-order valence-electron chi connectivity index (χ1n) is 11.4. The van der Waals surface area contributed by atoms with E-state index in [0.717, 1.165) is 5.56 Å². The predicted octanol–water partition coefficient (Wildman–Crippen LogP) is 4.25. The highest BCUT2D eigenvalue weighted by Gasteiger charge is 2.40. The molecule has 6 nitrogen and oxygen atoms in total. The Kier molecular flexibility index (Phi) is 6.59. The van der Waals surface area contributed by atoms with Crippen molar-refractivity contribution in [1.29, 1.82) is 0 Å². The smallest absolute Gasteiger partial charge is 0.261 e. The van der Waals surface area contributed by atoms with Gasteiger partial charge in [-0.2, -0.15) is 0 Å². The Morgan fingerprint density at radius 1 is 1.12 bits per heavy atom. The highest BCUT2D eigenvalue weighted by Crippen LogP contribution is 2.33. The molecule has 0 radical (unpaired) electrons. The van der Waals surface area contributed by atoms with Gasteiger partial charge in [0.15, 0.2) is 0 Å². The van der Waals surface area contributed by atoms with Gasteiger partial charge in [0.05, 0.1) is 28.9 Å². The molecule has 0 spiro atoms. The van der Waals surface area contributed by atoms with Gasteiger partial charge in [-0.25, -0.2) is 4.98 Å². The summed E-state index contributed by atoms with van der Waals surface area (Å²) in [6.45, 7) is 10.3. The van der Waals surface area contributed by atoms with Crippen molar-refractivity contribution in [2.24, 2.45) is 11.3 Å². The Labute approximate surface area is 199 Å². The van der Waals surface area contributed by atoms with Crippen LogP contribution in [-0.4, -0.2) is 40.0 Å². The molecule has 2 heterocycles. The largest absolute Gasteiger partial charge is 0.330 e. The Morgan fingerprint density at radius 3 is 2.55 bits per heavy atom. The second-order valence-electron chi connectivity index (χ2n) is 9.76.